The Kier molecular flexibility index (Phi) is 5.09. The number of carbonyl (C=O) groups excluding carboxylic acids is 1. The molecule has 1 aromatic heterocycles. The van der Waals surface area contributed by atoms with Crippen LogP contribution in [0.1, 0.15) is 5.69 Å². The van der Waals surface area contributed by atoms with Gasteiger partial charge in [-0.1, -0.05) is 6.08 Å². The molecule has 2 aromatic rings. The number of nitrogens with one attached hydrogen (secondary N) is 2. The van der Waals surface area contributed by atoms with E-state index in [1.54, 1.807) is 18.2 Å². The van der Waals surface area contributed by atoms with Crippen molar-refractivity contribution in [3.05, 3.63) is 54.7 Å². The van der Waals surface area contributed by atoms with Crippen LogP contribution in [0.4, 0.5) is 9.18 Å². The SMILES string of the molecule is C=CCNC(=O)NCCc1coc(-c2ccc(F)cc2)n1. The van der Waals surface area contributed by atoms with E-state index < -0.39 is 0 Å². The van der Waals surface area contributed by atoms with Crippen LogP contribution in [0, 0.1) is 5.82 Å². The van der Waals surface area contributed by atoms with E-state index >= 15 is 0 Å². The highest BCUT2D eigenvalue weighted by molar-refractivity contribution is 5.73. The van der Waals surface area contributed by atoms with Crippen molar-refractivity contribution in [2.75, 3.05) is 13.1 Å². The second-order valence-corrected chi connectivity index (χ2v) is 4.33. The van der Waals surface area contributed by atoms with Gasteiger partial charge in [-0.2, -0.15) is 0 Å². The molecule has 0 unspecified atom stereocenters. The van der Waals surface area contributed by atoms with Crippen molar-refractivity contribution in [2.24, 2.45) is 0 Å². The molecule has 0 fully saturated rings. The van der Waals surface area contributed by atoms with Crippen LogP contribution >= 0.6 is 0 Å². The molecule has 2 amide bonds. The molecule has 0 aliphatic carbocycles. The third-order valence-electron chi connectivity index (χ3n) is 2.72. The van der Waals surface area contributed by atoms with E-state index in [4.69, 9.17) is 4.42 Å². The lowest BCUT2D eigenvalue weighted by Gasteiger charge is -2.03. The van der Waals surface area contributed by atoms with Crippen LogP contribution in [0.15, 0.2) is 47.6 Å². The van der Waals surface area contributed by atoms with Crippen LogP contribution in [-0.2, 0) is 6.42 Å². The molecule has 0 saturated heterocycles. The Labute approximate surface area is 121 Å². The number of nitrogens with zero attached hydrogens (tertiary/aromatic N) is 1. The largest absolute Gasteiger partial charge is 0.444 e. The van der Waals surface area contributed by atoms with Gasteiger partial charge in [0, 0.05) is 25.1 Å². The summed E-state index contributed by atoms with van der Waals surface area (Å²) in [5, 5.41) is 5.30. The summed E-state index contributed by atoms with van der Waals surface area (Å²) in [6.45, 7) is 4.37. The van der Waals surface area contributed by atoms with Gasteiger partial charge in [-0.3, -0.25) is 0 Å². The Morgan fingerprint density at radius 2 is 2.10 bits per heavy atom. The molecule has 2 rings (SSSR count). The number of hydrogen-bond acceptors (Lipinski definition) is 3. The maximum absolute atomic E-state index is 12.8. The van der Waals surface area contributed by atoms with E-state index in [-0.39, 0.29) is 11.8 Å². The second-order valence-electron chi connectivity index (χ2n) is 4.33. The van der Waals surface area contributed by atoms with Crippen molar-refractivity contribution in [1.29, 1.82) is 0 Å². The van der Waals surface area contributed by atoms with Crippen molar-refractivity contribution in [2.45, 2.75) is 6.42 Å². The zero-order valence-electron chi connectivity index (χ0n) is 11.4. The maximum atomic E-state index is 12.8. The number of hydrogen-bond donors (Lipinski definition) is 2. The molecule has 5 nitrogen and oxygen atoms in total. The van der Waals surface area contributed by atoms with Gasteiger partial charge in [-0.15, -0.1) is 6.58 Å². The number of oxazole rings is 1. The fourth-order valence-corrected chi connectivity index (χ4v) is 1.68. The quantitative estimate of drug-likeness (QED) is 0.803. The third-order valence-corrected chi connectivity index (χ3v) is 2.72. The van der Waals surface area contributed by atoms with E-state index in [0.717, 1.165) is 5.69 Å². The Balaban J connectivity index is 1.84. The number of amides is 2. The zero-order chi connectivity index (χ0) is 15.1. The lowest BCUT2D eigenvalue weighted by atomic mass is 10.2. The highest BCUT2D eigenvalue weighted by Gasteiger charge is 2.07. The molecule has 0 saturated carbocycles. The van der Waals surface area contributed by atoms with Crippen LogP contribution in [0.2, 0.25) is 0 Å². The van der Waals surface area contributed by atoms with E-state index in [0.29, 0.717) is 31.0 Å². The average molecular weight is 289 g/mol. The molecule has 0 spiro atoms. The normalized spacial score (nSPS) is 10.1. The highest BCUT2D eigenvalue weighted by atomic mass is 19.1. The number of benzene rings is 1. The van der Waals surface area contributed by atoms with Gasteiger partial charge in [-0.25, -0.2) is 14.2 Å². The van der Waals surface area contributed by atoms with Gasteiger partial charge in [0.2, 0.25) is 5.89 Å². The van der Waals surface area contributed by atoms with Crippen LogP contribution in [-0.4, -0.2) is 24.1 Å². The lowest BCUT2D eigenvalue weighted by Crippen LogP contribution is -2.36. The molecular formula is C15H16FN3O2. The summed E-state index contributed by atoms with van der Waals surface area (Å²) in [6.07, 6.45) is 3.68. The smallest absolute Gasteiger partial charge is 0.315 e. The van der Waals surface area contributed by atoms with Crippen LogP contribution < -0.4 is 10.6 Å². The summed E-state index contributed by atoms with van der Waals surface area (Å²) in [7, 11) is 0. The minimum Gasteiger partial charge on any atom is -0.444 e. The molecule has 1 heterocycles. The summed E-state index contributed by atoms with van der Waals surface area (Å²) in [6, 6.07) is 5.66. The minimum absolute atomic E-state index is 0.253. The maximum Gasteiger partial charge on any atom is 0.315 e. The summed E-state index contributed by atoms with van der Waals surface area (Å²) < 4.78 is 18.2. The van der Waals surface area contributed by atoms with Crippen molar-refractivity contribution >= 4 is 6.03 Å². The Hall–Kier alpha value is -2.63. The number of rotatable bonds is 6. The molecular weight excluding hydrogens is 273 g/mol. The van der Waals surface area contributed by atoms with Gasteiger partial charge in [0.05, 0.1) is 5.69 Å². The summed E-state index contributed by atoms with van der Waals surface area (Å²) >= 11 is 0. The first-order valence-corrected chi connectivity index (χ1v) is 6.52. The van der Waals surface area contributed by atoms with E-state index in [2.05, 4.69) is 22.2 Å². The Morgan fingerprint density at radius 3 is 2.81 bits per heavy atom. The van der Waals surface area contributed by atoms with Crippen molar-refractivity contribution in [3.63, 3.8) is 0 Å². The van der Waals surface area contributed by atoms with Gasteiger partial charge < -0.3 is 15.1 Å². The minimum atomic E-state index is -0.305. The summed E-state index contributed by atoms with van der Waals surface area (Å²) in [4.78, 5) is 15.6. The van der Waals surface area contributed by atoms with Crippen LogP contribution in [0.3, 0.4) is 0 Å². The molecule has 6 heteroatoms. The van der Waals surface area contributed by atoms with Crippen LogP contribution in [0.5, 0.6) is 0 Å². The first-order valence-electron chi connectivity index (χ1n) is 6.52. The number of urea groups is 1. The molecule has 0 bridgehead atoms. The van der Waals surface area contributed by atoms with Gasteiger partial charge in [0.25, 0.3) is 0 Å². The molecule has 21 heavy (non-hydrogen) atoms. The second kappa shape index (κ2) is 7.23. The first kappa shape index (κ1) is 14.8. The Bertz CT molecular complexity index is 608. The van der Waals surface area contributed by atoms with E-state index in [1.807, 2.05) is 0 Å². The van der Waals surface area contributed by atoms with Crippen molar-refractivity contribution in [3.8, 4) is 11.5 Å². The molecule has 2 N–H and O–H groups in total. The molecule has 0 radical (unpaired) electrons. The topological polar surface area (TPSA) is 67.2 Å². The van der Waals surface area contributed by atoms with Crippen LogP contribution in [0.25, 0.3) is 11.5 Å². The molecule has 110 valence electrons. The van der Waals surface area contributed by atoms with E-state index in [9.17, 15) is 9.18 Å². The molecule has 0 aliphatic rings. The van der Waals surface area contributed by atoms with Gasteiger partial charge in [0.1, 0.15) is 12.1 Å². The van der Waals surface area contributed by atoms with Crippen molar-refractivity contribution in [1.82, 2.24) is 15.6 Å². The fourth-order valence-electron chi connectivity index (χ4n) is 1.68. The number of halogens is 1. The lowest BCUT2D eigenvalue weighted by molar-refractivity contribution is 0.242. The molecule has 0 atom stereocenters. The predicted molar refractivity (Wildman–Crippen MR) is 77.2 cm³/mol. The number of aromatic nitrogens is 1. The van der Waals surface area contributed by atoms with E-state index in [1.165, 1.54) is 18.4 Å². The highest BCUT2D eigenvalue weighted by Crippen LogP contribution is 2.18. The Morgan fingerprint density at radius 1 is 1.33 bits per heavy atom. The fraction of sp³-hybridized carbons (Fsp3) is 0.200. The molecule has 0 aliphatic heterocycles. The average Bonchev–Trinajstić information content (AvgIpc) is 2.95. The first-order chi connectivity index (χ1) is 10.2. The summed E-state index contributed by atoms with van der Waals surface area (Å²) in [5.41, 5.74) is 1.43. The van der Waals surface area contributed by atoms with Gasteiger partial charge >= 0.3 is 6.03 Å². The summed E-state index contributed by atoms with van der Waals surface area (Å²) in [5.74, 6) is 0.126. The monoisotopic (exact) mass is 289 g/mol. The van der Waals surface area contributed by atoms with Crippen molar-refractivity contribution < 1.29 is 13.6 Å². The van der Waals surface area contributed by atoms with Gasteiger partial charge in [-0.05, 0) is 24.3 Å². The zero-order valence-corrected chi connectivity index (χ0v) is 11.4. The standard InChI is InChI=1S/C15H16FN3O2/c1-2-8-17-15(20)18-9-7-13-10-21-14(19-13)11-3-5-12(16)6-4-11/h2-6,10H,1,7-9H2,(H2,17,18,20). The predicted octanol–water partition coefficient (Wildman–Crippen LogP) is 2.51. The van der Waals surface area contributed by atoms with Gasteiger partial charge in [0.15, 0.2) is 0 Å². The number of carbonyl (C=O) groups is 1. The third kappa shape index (κ3) is 4.45. The molecule has 1 aromatic carbocycles.